The van der Waals surface area contributed by atoms with Crippen LogP contribution < -0.4 is 4.74 Å². The Kier molecular flexibility index (Phi) is 5.68. The summed E-state index contributed by atoms with van der Waals surface area (Å²) in [7, 11) is 0. The number of thiazole rings is 1. The van der Waals surface area contributed by atoms with E-state index in [2.05, 4.69) is 4.98 Å². The van der Waals surface area contributed by atoms with Gasteiger partial charge in [-0.1, -0.05) is 48.0 Å². The van der Waals surface area contributed by atoms with E-state index in [9.17, 15) is 4.79 Å². The highest BCUT2D eigenvalue weighted by Gasteiger charge is 2.10. The van der Waals surface area contributed by atoms with E-state index in [1.165, 1.54) is 11.3 Å². The second-order valence-corrected chi connectivity index (χ2v) is 6.90. The molecule has 6 heteroatoms. The van der Waals surface area contributed by atoms with E-state index in [0.717, 1.165) is 21.0 Å². The number of carbonyl (C=O) groups excluding carboxylic acids is 1. The Morgan fingerprint density at radius 1 is 1.20 bits per heavy atom. The summed E-state index contributed by atoms with van der Waals surface area (Å²) in [4.78, 5) is 17.1. The Balaban J connectivity index is 1.51. The van der Waals surface area contributed by atoms with E-state index in [1.54, 1.807) is 18.3 Å². The Morgan fingerprint density at radius 2 is 2.00 bits per heavy atom. The van der Waals surface area contributed by atoms with Crippen molar-refractivity contribution in [1.29, 1.82) is 0 Å². The number of halogens is 1. The van der Waals surface area contributed by atoms with E-state index in [0.29, 0.717) is 10.8 Å². The summed E-state index contributed by atoms with van der Waals surface area (Å²) in [5.41, 5.74) is 2.05. The molecule has 1 heterocycles. The lowest BCUT2D eigenvalue weighted by Crippen LogP contribution is -2.14. The minimum atomic E-state index is -0.452. The Labute approximate surface area is 155 Å². The van der Waals surface area contributed by atoms with Crippen molar-refractivity contribution in [2.45, 2.75) is 13.5 Å². The highest BCUT2D eigenvalue weighted by atomic mass is 35.5. The number of nitrogens with zero attached hydrogens (tertiary/aromatic N) is 1. The summed E-state index contributed by atoms with van der Waals surface area (Å²) < 4.78 is 10.7. The number of rotatable bonds is 6. The molecule has 128 valence electrons. The molecule has 0 fully saturated rings. The zero-order valence-electron chi connectivity index (χ0n) is 13.6. The van der Waals surface area contributed by atoms with E-state index in [4.69, 9.17) is 21.1 Å². The lowest BCUT2D eigenvalue weighted by Gasteiger charge is -2.08. The van der Waals surface area contributed by atoms with Gasteiger partial charge in [0.25, 0.3) is 0 Å². The first-order valence-corrected chi connectivity index (χ1v) is 8.86. The molecule has 0 amide bonds. The molecule has 1 aromatic heterocycles. The van der Waals surface area contributed by atoms with Gasteiger partial charge in [-0.3, -0.25) is 0 Å². The topological polar surface area (TPSA) is 48.4 Å². The fourth-order valence-corrected chi connectivity index (χ4v) is 3.14. The molecular weight excluding hydrogens is 358 g/mol. The van der Waals surface area contributed by atoms with Gasteiger partial charge in [-0.25, -0.2) is 9.78 Å². The number of ether oxygens (including phenoxy) is 2. The maximum atomic E-state index is 11.9. The van der Waals surface area contributed by atoms with E-state index >= 15 is 0 Å². The number of aryl methyl sites for hydroxylation is 1. The fraction of sp³-hybridized carbons (Fsp3) is 0.158. The zero-order chi connectivity index (χ0) is 17.6. The minimum Gasteiger partial charge on any atom is -0.480 e. The van der Waals surface area contributed by atoms with Crippen LogP contribution in [0.5, 0.6) is 5.75 Å². The molecule has 0 aliphatic rings. The number of hydrogen-bond acceptors (Lipinski definition) is 5. The average molecular weight is 374 g/mol. The molecule has 0 aliphatic heterocycles. The van der Waals surface area contributed by atoms with Gasteiger partial charge in [0.1, 0.15) is 17.4 Å². The second-order valence-electron chi connectivity index (χ2n) is 5.38. The van der Waals surface area contributed by atoms with Crippen LogP contribution in [0, 0.1) is 6.92 Å². The van der Waals surface area contributed by atoms with Gasteiger partial charge in [0.05, 0.1) is 9.90 Å². The summed E-state index contributed by atoms with van der Waals surface area (Å²) in [5.74, 6) is 0.0232. The van der Waals surface area contributed by atoms with Crippen LogP contribution in [0.25, 0.3) is 10.6 Å². The molecule has 0 radical (unpaired) electrons. The lowest BCUT2D eigenvalue weighted by molar-refractivity contribution is -0.147. The first-order chi connectivity index (χ1) is 12.1. The number of aromatic nitrogens is 1. The number of carbonyl (C=O) groups is 1. The summed E-state index contributed by atoms with van der Waals surface area (Å²) >= 11 is 7.53. The molecule has 0 N–H and O–H groups in total. The summed E-state index contributed by atoms with van der Waals surface area (Å²) in [6.07, 6.45) is 1.72. The van der Waals surface area contributed by atoms with Gasteiger partial charge >= 0.3 is 5.97 Å². The van der Waals surface area contributed by atoms with Gasteiger partial charge in [-0.2, -0.15) is 0 Å². The molecule has 0 aliphatic carbocycles. The molecule has 0 unspecified atom stereocenters. The van der Waals surface area contributed by atoms with Crippen LogP contribution in [0.15, 0.2) is 54.7 Å². The summed E-state index contributed by atoms with van der Waals surface area (Å²) in [6.45, 7) is 1.91. The van der Waals surface area contributed by atoms with Crippen molar-refractivity contribution < 1.29 is 14.3 Å². The van der Waals surface area contributed by atoms with E-state index in [-0.39, 0.29) is 13.2 Å². The van der Waals surface area contributed by atoms with Crippen molar-refractivity contribution in [3.05, 3.63) is 70.2 Å². The molecule has 0 bridgehead atoms. The second kappa shape index (κ2) is 8.14. The predicted molar refractivity (Wildman–Crippen MR) is 99.0 cm³/mol. The van der Waals surface area contributed by atoms with Gasteiger partial charge in [-0.05, 0) is 24.6 Å². The van der Waals surface area contributed by atoms with Crippen molar-refractivity contribution in [1.82, 2.24) is 4.98 Å². The summed E-state index contributed by atoms with van der Waals surface area (Å²) in [6, 6.07) is 15.3. The van der Waals surface area contributed by atoms with Crippen LogP contribution in [0.1, 0.15) is 10.4 Å². The lowest BCUT2D eigenvalue weighted by atomic mass is 10.2. The molecular formula is C19H16ClNO3S. The Hall–Kier alpha value is -2.37. The van der Waals surface area contributed by atoms with Crippen molar-refractivity contribution in [2.75, 3.05) is 6.61 Å². The first-order valence-electron chi connectivity index (χ1n) is 7.66. The molecule has 2 aromatic carbocycles. The third-order valence-corrected chi connectivity index (χ3v) is 4.71. The minimum absolute atomic E-state index is 0.175. The smallest absolute Gasteiger partial charge is 0.344 e. The normalized spacial score (nSPS) is 10.5. The molecule has 3 aromatic rings. The van der Waals surface area contributed by atoms with E-state index in [1.807, 2.05) is 43.3 Å². The monoisotopic (exact) mass is 373 g/mol. The average Bonchev–Trinajstić information content (AvgIpc) is 3.10. The van der Waals surface area contributed by atoms with Crippen LogP contribution in [-0.2, 0) is 16.1 Å². The van der Waals surface area contributed by atoms with Crippen molar-refractivity contribution >= 4 is 28.9 Å². The van der Waals surface area contributed by atoms with Crippen LogP contribution in [0.3, 0.4) is 0 Å². The summed E-state index contributed by atoms with van der Waals surface area (Å²) in [5, 5.41) is 1.36. The third kappa shape index (κ3) is 4.81. The SMILES string of the molecule is Cc1ccc(Cl)c(OCC(=O)OCc2cnc(-c3ccccc3)s2)c1. The largest absolute Gasteiger partial charge is 0.480 e. The van der Waals surface area contributed by atoms with Crippen LogP contribution in [-0.4, -0.2) is 17.6 Å². The van der Waals surface area contributed by atoms with Gasteiger partial charge in [0.2, 0.25) is 0 Å². The first kappa shape index (κ1) is 17.5. The number of esters is 1. The van der Waals surface area contributed by atoms with Crippen molar-refractivity contribution in [2.24, 2.45) is 0 Å². The molecule has 4 nitrogen and oxygen atoms in total. The zero-order valence-corrected chi connectivity index (χ0v) is 15.1. The maximum absolute atomic E-state index is 11.9. The number of hydrogen-bond donors (Lipinski definition) is 0. The van der Waals surface area contributed by atoms with Gasteiger partial charge in [0, 0.05) is 11.8 Å². The molecule has 3 rings (SSSR count). The Morgan fingerprint density at radius 3 is 2.80 bits per heavy atom. The van der Waals surface area contributed by atoms with Crippen molar-refractivity contribution in [3.8, 4) is 16.3 Å². The predicted octanol–water partition coefficient (Wildman–Crippen LogP) is 4.89. The quantitative estimate of drug-likeness (QED) is 0.577. The Bertz CT molecular complexity index is 864. The third-order valence-electron chi connectivity index (χ3n) is 3.38. The van der Waals surface area contributed by atoms with Gasteiger partial charge < -0.3 is 9.47 Å². The molecule has 25 heavy (non-hydrogen) atoms. The number of benzene rings is 2. The van der Waals surface area contributed by atoms with Crippen LogP contribution in [0.2, 0.25) is 5.02 Å². The molecule has 0 saturated carbocycles. The highest BCUT2D eigenvalue weighted by Crippen LogP contribution is 2.26. The van der Waals surface area contributed by atoms with Crippen molar-refractivity contribution in [3.63, 3.8) is 0 Å². The molecule has 0 atom stereocenters. The maximum Gasteiger partial charge on any atom is 0.344 e. The van der Waals surface area contributed by atoms with Crippen LogP contribution in [0.4, 0.5) is 0 Å². The molecule has 0 saturated heterocycles. The van der Waals surface area contributed by atoms with Gasteiger partial charge in [-0.15, -0.1) is 11.3 Å². The molecule has 0 spiro atoms. The standard InChI is InChI=1S/C19H16ClNO3S/c1-13-7-8-16(20)17(9-13)23-12-18(22)24-11-15-10-21-19(25-15)14-5-3-2-4-6-14/h2-10H,11-12H2,1H3. The highest BCUT2D eigenvalue weighted by molar-refractivity contribution is 7.15. The van der Waals surface area contributed by atoms with E-state index < -0.39 is 5.97 Å². The van der Waals surface area contributed by atoms with Crippen LogP contribution >= 0.6 is 22.9 Å². The fourth-order valence-electron chi connectivity index (χ4n) is 2.14. The van der Waals surface area contributed by atoms with Gasteiger partial charge in [0.15, 0.2) is 6.61 Å².